The minimum absolute atomic E-state index is 0.313. The molecular formula is C25H24N2O12. The van der Waals surface area contributed by atoms with Gasteiger partial charge < -0.3 is 29.2 Å². The first-order valence-corrected chi connectivity index (χ1v) is 11.3. The zero-order valence-electron chi connectivity index (χ0n) is 20.7. The van der Waals surface area contributed by atoms with Crippen LogP contribution < -0.4 is 11.2 Å². The van der Waals surface area contributed by atoms with Crippen molar-refractivity contribution < 1.29 is 48.3 Å². The van der Waals surface area contributed by atoms with Gasteiger partial charge in [0.1, 0.15) is 6.10 Å². The second-order valence-electron chi connectivity index (χ2n) is 8.50. The number of carbonyl (C=O) groups excluding carboxylic acids is 2. The fraction of sp³-hybridized carbons (Fsp3) is 0.360. The van der Waals surface area contributed by atoms with Crippen molar-refractivity contribution in [1.82, 2.24) is 9.55 Å². The highest BCUT2D eigenvalue weighted by atomic mass is 16.7. The van der Waals surface area contributed by atoms with Gasteiger partial charge in [-0.05, 0) is 5.56 Å². The van der Waals surface area contributed by atoms with Gasteiger partial charge in [0, 0.05) is 32.5 Å². The Morgan fingerprint density at radius 2 is 1.74 bits per heavy atom. The standard InChI is InChI=1S/C25H24N2O12/c1-4-24(39-15(3)29)17(13-36-25(21(31)32,22(33)34)12-16-8-6-5-7-9-16)38-20(19(24)37-14(2)28)27-11-10-18(30)26-23(27)35/h1,5-11,17,19-20H,12-13H2,2-3H3,(H,31,32)(H,33,34)(H,26,30,35)/t17-,19+,20-,24-/m1/s1. The van der Waals surface area contributed by atoms with Crippen molar-refractivity contribution in [2.75, 3.05) is 6.61 Å². The van der Waals surface area contributed by atoms with Gasteiger partial charge in [0.15, 0.2) is 6.23 Å². The average molecular weight is 544 g/mol. The first-order valence-electron chi connectivity index (χ1n) is 11.3. The summed E-state index contributed by atoms with van der Waals surface area (Å²) >= 11 is 0. The molecule has 1 aliphatic heterocycles. The Balaban J connectivity index is 2.10. The molecule has 14 nitrogen and oxygen atoms in total. The quantitative estimate of drug-likeness (QED) is 0.196. The number of nitrogens with one attached hydrogen (secondary N) is 1. The summed E-state index contributed by atoms with van der Waals surface area (Å²) < 4.78 is 22.8. The van der Waals surface area contributed by atoms with Crippen LogP contribution in [0.1, 0.15) is 25.6 Å². The summed E-state index contributed by atoms with van der Waals surface area (Å²) in [5, 5.41) is 19.8. The number of terminal acetylenes is 1. The highest BCUT2D eigenvalue weighted by molar-refractivity contribution is 6.02. The largest absolute Gasteiger partial charge is 0.479 e. The third-order valence-corrected chi connectivity index (χ3v) is 5.89. The highest BCUT2D eigenvalue weighted by Crippen LogP contribution is 2.42. The monoisotopic (exact) mass is 544 g/mol. The van der Waals surface area contributed by atoms with E-state index < -0.39 is 77.8 Å². The number of hydrogen-bond acceptors (Lipinski definition) is 10. The molecule has 4 atom stereocenters. The normalized spacial score (nSPS) is 22.4. The molecule has 0 radical (unpaired) electrons. The molecule has 0 unspecified atom stereocenters. The number of esters is 2. The number of carboxylic acids is 2. The minimum atomic E-state index is -2.84. The average Bonchev–Trinajstić information content (AvgIpc) is 3.13. The lowest BCUT2D eigenvalue weighted by Crippen LogP contribution is -2.56. The fourth-order valence-corrected chi connectivity index (χ4v) is 4.15. The van der Waals surface area contributed by atoms with Gasteiger partial charge in [-0.25, -0.2) is 14.4 Å². The van der Waals surface area contributed by atoms with Crippen LogP contribution in [0.25, 0.3) is 0 Å². The summed E-state index contributed by atoms with van der Waals surface area (Å²) in [6.07, 6.45) is 1.14. The number of aliphatic carboxylic acids is 2. The van der Waals surface area contributed by atoms with Gasteiger partial charge in [0.25, 0.3) is 11.2 Å². The Hall–Kier alpha value is -4.74. The molecular weight excluding hydrogens is 520 g/mol. The van der Waals surface area contributed by atoms with E-state index >= 15 is 0 Å². The number of aromatic amines is 1. The maximum absolute atomic E-state index is 12.5. The third kappa shape index (κ3) is 5.74. The van der Waals surface area contributed by atoms with Gasteiger partial charge in [0.2, 0.25) is 11.7 Å². The number of carboxylic acid groups (broad SMARTS) is 2. The van der Waals surface area contributed by atoms with Gasteiger partial charge in [-0.3, -0.25) is 23.9 Å². The van der Waals surface area contributed by atoms with E-state index in [4.69, 9.17) is 25.4 Å². The number of ether oxygens (including phenoxy) is 4. The molecule has 2 aromatic rings. The molecule has 1 aromatic carbocycles. The molecule has 1 aliphatic rings. The van der Waals surface area contributed by atoms with E-state index in [-0.39, 0.29) is 0 Å². The van der Waals surface area contributed by atoms with Crippen molar-refractivity contribution in [2.24, 2.45) is 0 Å². The van der Waals surface area contributed by atoms with Crippen LogP contribution in [0.3, 0.4) is 0 Å². The van der Waals surface area contributed by atoms with Crippen molar-refractivity contribution in [1.29, 1.82) is 0 Å². The van der Waals surface area contributed by atoms with Crippen LogP contribution in [0.15, 0.2) is 52.2 Å². The van der Waals surface area contributed by atoms with Crippen LogP contribution in [0.4, 0.5) is 0 Å². The Morgan fingerprint density at radius 1 is 1.10 bits per heavy atom. The van der Waals surface area contributed by atoms with Gasteiger partial charge >= 0.3 is 29.6 Å². The van der Waals surface area contributed by atoms with Crippen molar-refractivity contribution in [2.45, 2.75) is 49.9 Å². The van der Waals surface area contributed by atoms with Crippen LogP contribution in [0.2, 0.25) is 0 Å². The number of aromatic nitrogens is 2. The predicted molar refractivity (Wildman–Crippen MR) is 128 cm³/mol. The van der Waals surface area contributed by atoms with Crippen molar-refractivity contribution >= 4 is 23.9 Å². The Bertz CT molecular complexity index is 1410. The van der Waals surface area contributed by atoms with E-state index in [9.17, 15) is 39.0 Å². The van der Waals surface area contributed by atoms with E-state index in [0.29, 0.717) is 5.56 Å². The van der Waals surface area contributed by atoms with Gasteiger partial charge in [-0.2, -0.15) is 0 Å². The number of H-pyrrole nitrogens is 1. The topological polar surface area (TPSA) is 201 Å². The molecule has 39 heavy (non-hydrogen) atoms. The minimum Gasteiger partial charge on any atom is -0.479 e. The molecule has 0 saturated carbocycles. The predicted octanol–water partition coefficient (Wildman–Crippen LogP) is -0.532. The first-order chi connectivity index (χ1) is 18.4. The van der Waals surface area contributed by atoms with Crippen LogP contribution >= 0.6 is 0 Å². The lowest BCUT2D eigenvalue weighted by Gasteiger charge is -2.34. The SMILES string of the molecule is C#C[C@@]1(OC(C)=O)[C@@H](COC(Cc2ccccc2)(C(=O)O)C(=O)O)O[C@@H](n2ccc(=O)[nH]c2=O)[C@@H]1OC(C)=O. The molecule has 1 aromatic heterocycles. The Kier molecular flexibility index (Phi) is 8.38. The van der Waals surface area contributed by atoms with Crippen LogP contribution in [-0.4, -0.2) is 73.7 Å². The molecule has 1 saturated heterocycles. The van der Waals surface area contributed by atoms with E-state index in [2.05, 4.69) is 5.92 Å². The number of benzene rings is 1. The molecule has 0 aliphatic carbocycles. The summed E-state index contributed by atoms with van der Waals surface area (Å²) in [5.41, 5.74) is -6.60. The Labute approximate surface area is 220 Å². The molecule has 3 rings (SSSR count). The second kappa shape index (κ2) is 11.3. The molecule has 206 valence electrons. The van der Waals surface area contributed by atoms with Crippen LogP contribution in [0.5, 0.6) is 0 Å². The van der Waals surface area contributed by atoms with Crippen LogP contribution in [0, 0.1) is 12.3 Å². The molecule has 14 heteroatoms. The maximum Gasteiger partial charge on any atom is 0.348 e. The summed E-state index contributed by atoms with van der Waals surface area (Å²) in [6, 6.07) is 8.75. The lowest BCUT2D eigenvalue weighted by molar-refractivity contribution is -0.194. The number of carbonyl (C=O) groups is 4. The molecule has 0 spiro atoms. The number of rotatable bonds is 10. The van der Waals surface area contributed by atoms with E-state index in [1.165, 1.54) is 12.1 Å². The zero-order chi connectivity index (χ0) is 29.0. The summed E-state index contributed by atoms with van der Waals surface area (Å²) in [6.45, 7) is 1.08. The Morgan fingerprint density at radius 3 is 2.26 bits per heavy atom. The summed E-state index contributed by atoms with van der Waals surface area (Å²) in [5.74, 6) is -3.41. The van der Waals surface area contributed by atoms with Crippen molar-refractivity contribution in [3.63, 3.8) is 0 Å². The van der Waals surface area contributed by atoms with Crippen molar-refractivity contribution in [3.8, 4) is 12.3 Å². The first kappa shape index (κ1) is 28.8. The summed E-state index contributed by atoms with van der Waals surface area (Å²) in [7, 11) is 0. The second-order valence-corrected chi connectivity index (χ2v) is 8.50. The van der Waals surface area contributed by atoms with Gasteiger partial charge in [-0.15, -0.1) is 6.42 Å². The molecule has 2 heterocycles. The smallest absolute Gasteiger partial charge is 0.348 e. The third-order valence-electron chi connectivity index (χ3n) is 5.89. The lowest BCUT2D eigenvalue weighted by atomic mass is 9.91. The molecule has 0 bridgehead atoms. The van der Waals surface area contributed by atoms with Crippen molar-refractivity contribution in [3.05, 3.63) is 69.0 Å². The van der Waals surface area contributed by atoms with E-state index in [1.807, 2.05) is 4.98 Å². The number of hydrogen-bond donors (Lipinski definition) is 3. The molecule has 3 N–H and O–H groups in total. The fourth-order valence-electron chi connectivity index (χ4n) is 4.15. The van der Waals surface area contributed by atoms with Gasteiger partial charge in [0.05, 0.1) is 6.61 Å². The molecule has 0 amide bonds. The zero-order valence-corrected chi connectivity index (χ0v) is 20.7. The number of nitrogens with zero attached hydrogens (tertiary/aromatic N) is 1. The molecule has 1 fully saturated rings. The van der Waals surface area contributed by atoms with Gasteiger partial charge in [-0.1, -0.05) is 36.3 Å². The van der Waals surface area contributed by atoms with Crippen LogP contribution in [-0.2, 0) is 44.5 Å². The maximum atomic E-state index is 12.5. The van der Waals surface area contributed by atoms with E-state index in [1.54, 1.807) is 18.2 Å². The summed E-state index contributed by atoms with van der Waals surface area (Å²) in [4.78, 5) is 74.6. The highest BCUT2D eigenvalue weighted by Gasteiger charge is 2.63. The van der Waals surface area contributed by atoms with E-state index in [0.717, 1.165) is 30.7 Å².